The molecule has 2 aliphatic rings. The lowest BCUT2D eigenvalue weighted by Crippen LogP contribution is -2.37. The zero-order valence-corrected chi connectivity index (χ0v) is 11.4. The molecule has 2 rings (SSSR count). The molecule has 0 aromatic carbocycles. The summed E-state index contributed by atoms with van der Waals surface area (Å²) in [5.41, 5.74) is 5.83. The number of carbonyl (C=O) groups is 1. The fourth-order valence-electron chi connectivity index (χ4n) is 2.78. The third kappa shape index (κ3) is 3.68. The van der Waals surface area contributed by atoms with Crippen molar-refractivity contribution in [1.82, 2.24) is 5.32 Å². The van der Waals surface area contributed by atoms with Gasteiger partial charge in [0.05, 0.1) is 17.4 Å². The van der Waals surface area contributed by atoms with Gasteiger partial charge in [-0.3, -0.25) is 4.79 Å². The smallest absolute Gasteiger partial charge is 0.224 e. The molecule has 0 aromatic rings. The van der Waals surface area contributed by atoms with Crippen molar-refractivity contribution < 1.29 is 13.2 Å². The molecule has 0 spiro atoms. The molecule has 2 fully saturated rings. The summed E-state index contributed by atoms with van der Waals surface area (Å²) in [5.74, 6) is 0.260. The van der Waals surface area contributed by atoms with Gasteiger partial charge in [-0.25, -0.2) is 8.42 Å². The van der Waals surface area contributed by atoms with Gasteiger partial charge in [-0.2, -0.15) is 0 Å². The monoisotopic (exact) mass is 274 g/mol. The largest absolute Gasteiger partial charge is 0.356 e. The molecule has 0 aromatic heterocycles. The first-order chi connectivity index (χ1) is 8.46. The molecule has 1 atom stereocenters. The normalized spacial score (nSPS) is 35.3. The van der Waals surface area contributed by atoms with Crippen molar-refractivity contribution in [3.05, 3.63) is 0 Å². The first-order valence-corrected chi connectivity index (χ1v) is 8.52. The molecule has 6 heteroatoms. The van der Waals surface area contributed by atoms with Crippen LogP contribution in [0.4, 0.5) is 0 Å². The average Bonchev–Trinajstić information content (AvgIpc) is 2.69. The van der Waals surface area contributed by atoms with Gasteiger partial charge in [-0.15, -0.1) is 0 Å². The lowest BCUT2D eigenvalue weighted by molar-refractivity contribution is -0.124. The van der Waals surface area contributed by atoms with E-state index in [1.807, 2.05) is 0 Å². The van der Waals surface area contributed by atoms with Crippen LogP contribution in [0.2, 0.25) is 0 Å². The number of nitrogens with two attached hydrogens (primary N) is 1. The summed E-state index contributed by atoms with van der Waals surface area (Å²) in [6.45, 7) is 0.669. The fraction of sp³-hybridized carbons (Fsp3) is 0.917. The molecular weight excluding hydrogens is 252 g/mol. The first kappa shape index (κ1) is 13.8. The van der Waals surface area contributed by atoms with E-state index in [4.69, 9.17) is 5.73 Å². The Morgan fingerprint density at radius 2 is 1.83 bits per heavy atom. The highest BCUT2D eigenvalue weighted by atomic mass is 32.2. The second kappa shape index (κ2) is 5.57. The first-order valence-electron chi connectivity index (χ1n) is 6.70. The van der Waals surface area contributed by atoms with E-state index in [1.165, 1.54) is 0 Å². The summed E-state index contributed by atoms with van der Waals surface area (Å²) < 4.78 is 22.6. The molecule has 1 aliphatic heterocycles. The van der Waals surface area contributed by atoms with E-state index >= 15 is 0 Å². The summed E-state index contributed by atoms with van der Waals surface area (Å²) in [6, 6.07) is 0.317. The molecule has 1 saturated heterocycles. The van der Waals surface area contributed by atoms with Gasteiger partial charge in [0.25, 0.3) is 0 Å². The third-order valence-electron chi connectivity index (χ3n) is 4.06. The van der Waals surface area contributed by atoms with Crippen molar-refractivity contribution in [3.8, 4) is 0 Å². The van der Waals surface area contributed by atoms with Crippen LogP contribution in [-0.2, 0) is 14.6 Å². The number of rotatable bonds is 3. The van der Waals surface area contributed by atoms with Crippen LogP contribution in [0.25, 0.3) is 0 Å². The van der Waals surface area contributed by atoms with Gasteiger partial charge in [0, 0.05) is 12.6 Å². The van der Waals surface area contributed by atoms with Crippen LogP contribution < -0.4 is 11.1 Å². The van der Waals surface area contributed by atoms with Crippen molar-refractivity contribution in [2.75, 3.05) is 18.1 Å². The lowest BCUT2D eigenvalue weighted by atomic mass is 9.86. The quantitative estimate of drug-likeness (QED) is 0.761. The molecule has 1 unspecified atom stereocenters. The van der Waals surface area contributed by atoms with Gasteiger partial charge in [-0.05, 0) is 38.0 Å². The van der Waals surface area contributed by atoms with E-state index in [0.717, 1.165) is 25.7 Å². The van der Waals surface area contributed by atoms with Gasteiger partial charge in [-0.1, -0.05) is 0 Å². The maximum absolute atomic E-state index is 11.8. The van der Waals surface area contributed by atoms with Gasteiger partial charge in [0.15, 0.2) is 9.84 Å². The highest BCUT2D eigenvalue weighted by Crippen LogP contribution is 2.23. The van der Waals surface area contributed by atoms with Crippen molar-refractivity contribution in [2.45, 2.75) is 38.1 Å². The van der Waals surface area contributed by atoms with Crippen LogP contribution in [0.3, 0.4) is 0 Å². The average molecular weight is 274 g/mol. The van der Waals surface area contributed by atoms with E-state index in [-0.39, 0.29) is 23.3 Å². The molecule has 1 aliphatic carbocycles. The van der Waals surface area contributed by atoms with Crippen LogP contribution in [0.15, 0.2) is 0 Å². The number of hydrogen-bond acceptors (Lipinski definition) is 4. The Hall–Kier alpha value is -0.620. The molecule has 1 heterocycles. The minimum atomic E-state index is -2.97. The van der Waals surface area contributed by atoms with Crippen molar-refractivity contribution in [1.29, 1.82) is 0 Å². The Morgan fingerprint density at radius 3 is 2.39 bits per heavy atom. The van der Waals surface area contributed by atoms with Gasteiger partial charge in [0.1, 0.15) is 0 Å². The summed E-state index contributed by atoms with van der Waals surface area (Å²) in [6.07, 6.45) is 4.65. The molecule has 18 heavy (non-hydrogen) atoms. The summed E-state index contributed by atoms with van der Waals surface area (Å²) >= 11 is 0. The number of amides is 1. The Kier molecular flexibility index (Phi) is 4.27. The van der Waals surface area contributed by atoms with Gasteiger partial charge >= 0.3 is 0 Å². The zero-order chi connectivity index (χ0) is 13.2. The minimum absolute atomic E-state index is 0.0222. The van der Waals surface area contributed by atoms with Crippen LogP contribution >= 0.6 is 0 Å². The van der Waals surface area contributed by atoms with Gasteiger partial charge in [0.2, 0.25) is 5.91 Å². The SMILES string of the molecule is NC1CCC(CNC(=O)C2CCS(=O)(=O)C2)CC1. The Morgan fingerprint density at radius 1 is 1.17 bits per heavy atom. The van der Waals surface area contributed by atoms with E-state index in [0.29, 0.717) is 24.9 Å². The second-order valence-electron chi connectivity index (χ2n) is 5.63. The van der Waals surface area contributed by atoms with E-state index < -0.39 is 9.84 Å². The summed E-state index contributed by atoms with van der Waals surface area (Å²) in [4.78, 5) is 11.8. The molecule has 3 N–H and O–H groups in total. The summed E-state index contributed by atoms with van der Waals surface area (Å²) in [7, 11) is -2.97. The predicted molar refractivity (Wildman–Crippen MR) is 69.7 cm³/mol. The predicted octanol–water partition coefficient (Wildman–Crippen LogP) is 0.0548. The second-order valence-corrected chi connectivity index (χ2v) is 7.85. The molecular formula is C12H22N2O3S. The van der Waals surface area contributed by atoms with Crippen molar-refractivity contribution in [2.24, 2.45) is 17.6 Å². The van der Waals surface area contributed by atoms with Crippen molar-refractivity contribution >= 4 is 15.7 Å². The Bertz CT molecular complexity index is 400. The van der Waals surface area contributed by atoms with E-state index in [1.54, 1.807) is 0 Å². The highest BCUT2D eigenvalue weighted by Gasteiger charge is 2.33. The maximum Gasteiger partial charge on any atom is 0.224 e. The van der Waals surface area contributed by atoms with Crippen LogP contribution in [0.5, 0.6) is 0 Å². The minimum Gasteiger partial charge on any atom is -0.356 e. The molecule has 0 radical (unpaired) electrons. The van der Waals surface area contributed by atoms with E-state index in [2.05, 4.69) is 5.32 Å². The van der Waals surface area contributed by atoms with Crippen LogP contribution in [-0.4, -0.2) is 38.4 Å². The zero-order valence-electron chi connectivity index (χ0n) is 10.6. The topological polar surface area (TPSA) is 89.3 Å². The van der Waals surface area contributed by atoms with Gasteiger partial charge < -0.3 is 11.1 Å². The van der Waals surface area contributed by atoms with E-state index in [9.17, 15) is 13.2 Å². The number of carbonyl (C=O) groups excluding carboxylic acids is 1. The van der Waals surface area contributed by atoms with Crippen LogP contribution in [0, 0.1) is 11.8 Å². The molecule has 1 amide bonds. The summed E-state index contributed by atoms with van der Waals surface area (Å²) in [5, 5.41) is 2.90. The molecule has 0 bridgehead atoms. The maximum atomic E-state index is 11.8. The Balaban J connectivity index is 1.72. The highest BCUT2D eigenvalue weighted by molar-refractivity contribution is 7.91. The number of sulfone groups is 1. The van der Waals surface area contributed by atoms with Crippen LogP contribution in [0.1, 0.15) is 32.1 Å². The molecule has 1 saturated carbocycles. The molecule has 104 valence electrons. The fourth-order valence-corrected chi connectivity index (χ4v) is 4.52. The number of nitrogens with one attached hydrogen (secondary N) is 1. The third-order valence-corrected chi connectivity index (χ3v) is 5.83. The lowest BCUT2D eigenvalue weighted by Gasteiger charge is -2.26. The van der Waals surface area contributed by atoms with Crippen molar-refractivity contribution in [3.63, 3.8) is 0 Å². The Labute approximate surface area is 108 Å². The standard InChI is InChI=1S/C12H22N2O3S/c13-11-3-1-9(2-4-11)7-14-12(15)10-5-6-18(16,17)8-10/h9-11H,1-8,13H2,(H,14,15). The number of hydrogen-bond donors (Lipinski definition) is 2. The molecule has 5 nitrogen and oxygen atoms in total.